The molecule has 1 fully saturated rings. The fraction of sp³-hybridized carbons (Fsp3) is 0.300. The standard InChI is InChI=1S/C20H21N3O5S/c24-19(21-13-16-4-3-11-28-16)14-23-18-7-6-17(12-15(18)5-8-20(23)25)29(26,27)22-9-1-2-10-22/h3-8,11-12H,1-2,9-10,13-14H2,(H,21,24). The van der Waals surface area contributed by atoms with Crippen molar-refractivity contribution in [1.29, 1.82) is 0 Å². The Morgan fingerprint density at radius 2 is 1.90 bits per heavy atom. The van der Waals surface area contributed by atoms with E-state index in [0.29, 0.717) is 29.8 Å². The number of fused-ring (bicyclic) bond motifs is 1. The van der Waals surface area contributed by atoms with E-state index >= 15 is 0 Å². The number of benzene rings is 1. The van der Waals surface area contributed by atoms with Crippen molar-refractivity contribution >= 4 is 26.8 Å². The Hall–Kier alpha value is -2.91. The molecular weight excluding hydrogens is 394 g/mol. The quantitative estimate of drug-likeness (QED) is 0.660. The average molecular weight is 415 g/mol. The molecule has 0 saturated carbocycles. The fourth-order valence-electron chi connectivity index (χ4n) is 3.48. The maximum Gasteiger partial charge on any atom is 0.251 e. The number of hydrogen-bond donors (Lipinski definition) is 1. The molecule has 0 radical (unpaired) electrons. The minimum absolute atomic E-state index is 0.172. The molecule has 8 nitrogen and oxygen atoms in total. The van der Waals surface area contributed by atoms with Crippen molar-refractivity contribution in [3.05, 3.63) is 64.8 Å². The molecule has 29 heavy (non-hydrogen) atoms. The molecule has 2 aromatic heterocycles. The summed E-state index contributed by atoms with van der Waals surface area (Å²) in [5.41, 5.74) is 0.173. The number of nitrogens with zero attached hydrogens (tertiary/aromatic N) is 2. The number of aromatic nitrogens is 1. The Kier molecular flexibility index (Phi) is 5.25. The molecule has 1 amide bonds. The Balaban J connectivity index is 1.60. The van der Waals surface area contributed by atoms with Crippen molar-refractivity contribution in [2.45, 2.75) is 30.8 Å². The lowest BCUT2D eigenvalue weighted by Crippen LogP contribution is -2.32. The maximum absolute atomic E-state index is 12.8. The lowest BCUT2D eigenvalue weighted by molar-refractivity contribution is -0.121. The van der Waals surface area contributed by atoms with Gasteiger partial charge in [0.25, 0.3) is 5.56 Å². The van der Waals surface area contributed by atoms with Gasteiger partial charge in [0.15, 0.2) is 0 Å². The van der Waals surface area contributed by atoms with Crippen molar-refractivity contribution in [3.8, 4) is 0 Å². The van der Waals surface area contributed by atoms with Gasteiger partial charge in [-0.1, -0.05) is 0 Å². The van der Waals surface area contributed by atoms with Gasteiger partial charge in [-0.15, -0.1) is 0 Å². The minimum Gasteiger partial charge on any atom is -0.467 e. The van der Waals surface area contributed by atoms with Gasteiger partial charge < -0.3 is 9.73 Å². The fourth-order valence-corrected chi connectivity index (χ4v) is 5.03. The zero-order valence-electron chi connectivity index (χ0n) is 15.7. The van der Waals surface area contributed by atoms with Crippen LogP contribution in [0.2, 0.25) is 0 Å². The van der Waals surface area contributed by atoms with Crippen LogP contribution in [0.5, 0.6) is 0 Å². The molecule has 1 aliphatic heterocycles. The highest BCUT2D eigenvalue weighted by Crippen LogP contribution is 2.24. The van der Waals surface area contributed by atoms with E-state index in [1.165, 1.54) is 27.3 Å². The number of hydrogen-bond acceptors (Lipinski definition) is 5. The predicted molar refractivity (Wildman–Crippen MR) is 107 cm³/mol. The third-order valence-corrected chi connectivity index (χ3v) is 6.90. The van der Waals surface area contributed by atoms with Crippen LogP contribution in [0.15, 0.2) is 62.8 Å². The van der Waals surface area contributed by atoms with Crippen LogP contribution in [0.4, 0.5) is 0 Å². The number of carbonyl (C=O) groups is 1. The predicted octanol–water partition coefficient (Wildman–Crippen LogP) is 1.70. The van der Waals surface area contributed by atoms with Crippen LogP contribution in [-0.2, 0) is 27.9 Å². The first-order valence-corrected chi connectivity index (χ1v) is 10.8. The molecule has 4 rings (SSSR count). The number of furan rings is 1. The number of carbonyl (C=O) groups excluding carboxylic acids is 1. The molecule has 1 saturated heterocycles. The van der Waals surface area contributed by atoms with Crippen molar-refractivity contribution in [1.82, 2.24) is 14.2 Å². The highest BCUT2D eigenvalue weighted by Gasteiger charge is 2.27. The molecule has 0 atom stereocenters. The van der Waals surface area contributed by atoms with Gasteiger partial charge in [0.05, 0.1) is 23.2 Å². The zero-order chi connectivity index (χ0) is 20.4. The molecule has 9 heteroatoms. The SMILES string of the molecule is O=C(Cn1c(=O)ccc2cc(S(=O)(=O)N3CCCC3)ccc21)NCc1ccco1. The van der Waals surface area contributed by atoms with Gasteiger partial charge in [0.2, 0.25) is 15.9 Å². The summed E-state index contributed by atoms with van der Waals surface area (Å²) >= 11 is 0. The van der Waals surface area contributed by atoms with Crippen LogP contribution in [0.3, 0.4) is 0 Å². The molecule has 1 aromatic carbocycles. The minimum atomic E-state index is -3.55. The first-order chi connectivity index (χ1) is 13.9. The summed E-state index contributed by atoms with van der Waals surface area (Å²) in [5, 5.41) is 3.29. The summed E-state index contributed by atoms with van der Waals surface area (Å²) in [6.45, 7) is 1.10. The van der Waals surface area contributed by atoms with E-state index in [-0.39, 0.29) is 29.5 Å². The number of nitrogens with one attached hydrogen (secondary N) is 1. The van der Waals surface area contributed by atoms with Gasteiger partial charge in [-0.25, -0.2) is 8.42 Å². The molecule has 0 unspecified atom stereocenters. The summed E-state index contributed by atoms with van der Waals surface area (Å²) in [4.78, 5) is 24.8. The Labute approximate surface area is 167 Å². The van der Waals surface area contributed by atoms with E-state index in [9.17, 15) is 18.0 Å². The normalized spacial score (nSPS) is 15.0. The van der Waals surface area contributed by atoms with Gasteiger partial charge in [-0.3, -0.25) is 14.2 Å². The summed E-state index contributed by atoms with van der Waals surface area (Å²) < 4.78 is 33.6. The topological polar surface area (TPSA) is 102 Å². The highest BCUT2D eigenvalue weighted by atomic mass is 32.2. The highest BCUT2D eigenvalue weighted by molar-refractivity contribution is 7.89. The van der Waals surface area contributed by atoms with E-state index in [0.717, 1.165) is 12.8 Å². The van der Waals surface area contributed by atoms with E-state index < -0.39 is 10.0 Å². The molecule has 0 aliphatic carbocycles. The van der Waals surface area contributed by atoms with Gasteiger partial charge in [0.1, 0.15) is 12.3 Å². The molecule has 3 aromatic rings. The summed E-state index contributed by atoms with van der Waals surface area (Å²) in [6, 6.07) is 11.0. The third-order valence-electron chi connectivity index (χ3n) is 5.01. The van der Waals surface area contributed by atoms with Gasteiger partial charge in [0, 0.05) is 19.2 Å². The Bertz CT molecular complexity index is 1190. The largest absolute Gasteiger partial charge is 0.467 e. The molecule has 152 valence electrons. The van der Waals surface area contributed by atoms with Crippen LogP contribution in [0, 0.1) is 0 Å². The van der Waals surface area contributed by atoms with Crippen LogP contribution < -0.4 is 10.9 Å². The summed E-state index contributed by atoms with van der Waals surface area (Å²) in [7, 11) is -3.55. The van der Waals surface area contributed by atoms with Crippen molar-refractivity contribution in [3.63, 3.8) is 0 Å². The Morgan fingerprint density at radius 1 is 1.10 bits per heavy atom. The maximum atomic E-state index is 12.8. The Morgan fingerprint density at radius 3 is 2.62 bits per heavy atom. The van der Waals surface area contributed by atoms with E-state index in [1.807, 2.05) is 0 Å². The van der Waals surface area contributed by atoms with Crippen molar-refractivity contribution < 1.29 is 17.6 Å². The van der Waals surface area contributed by atoms with Crippen molar-refractivity contribution in [2.24, 2.45) is 0 Å². The first-order valence-electron chi connectivity index (χ1n) is 9.38. The summed E-state index contributed by atoms with van der Waals surface area (Å²) in [6.07, 6.45) is 3.24. The molecule has 1 aliphatic rings. The second-order valence-corrected chi connectivity index (χ2v) is 8.88. The van der Waals surface area contributed by atoms with Crippen molar-refractivity contribution in [2.75, 3.05) is 13.1 Å². The number of pyridine rings is 1. The molecular formula is C20H21N3O5S. The average Bonchev–Trinajstić information content (AvgIpc) is 3.42. The summed E-state index contributed by atoms with van der Waals surface area (Å²) in [5.74, 6) is 0.269. The number of sulfonamides is 1. The molecule has 3 heterocycles. The van der Waals surface area contributed by atoms with Gasteiger partial charge in [-0.2, -0.15) is 4.31 Å². The van der Waals surface area contributed by atoms with E-state index in [2.05, 4.69) is 5.32 Å². The first kappa shape index (κ1) is 19.4. The number of rotatable bonds is 6. The smallest absolute Gasteiger partial charge is 0.251 e. The molecule has 0 bridgehead atoms. The second kappa shape index (κ2) is 7.84. The van der Waals surface area contributed by atoms with Gasteiger partial charge >= 0.3 is 0 Å². The molecule has 1 N–H and O–H groups in total. The zero-order valence-corrected chi connectivity index (χ0v) is 16.5. The third kappa shape index (κ3) is 3.96. The van der Waals surface area contributed by atoms with Crippen LogP contribution in [-0.4, -0.2) is 36.3 Å². The lowest BCUT2D eigenvalue weighted by Gasteiger charge is -2.16. The van der Waals surface area contributed by atoms with E-state index in [1.54, 1.807) is 30.3 Å². The second-order valence-electron chi connectivity index (χ2n) is 6.95. The molecule has 0 spiro atoms. The van der Waals surface area contributed by atoms with Crippen LogP contribution in [0.1, 0.15) is 18.6 Å². The van der Waals surface area contributed by atoms with Gasteiger partial charge in [-0.05, 0) is 54.6 Å². The lowest BCUT2D eigenvalue weighted by atomic mass is 10.2. The monoisotopic (exact) mass is 415 g/mol. The number of amides is 1. The van der Waals surface area contributed by atoms with Crippen LogP contribution >= 0.6 is 0 Å². The van der Waals surface area contributed by atoms with Crippen LogP contribution in [0.25, 0.3) is 10.9 Å². The van der Waals surface area contributed by atoms with E-state index in [4.69, 9.17) is 4.42 Å².